The van der Waals surface area contributed by atoms with E-state index >= 15 is 0 Å². The smallest absolute Gasteiger partial charge is 0.0755 e. The molecule has 1 aliphatic heterocycles. The summed E-state index contributed by atoms with van der Waals surface area (Å²) in [6.07, 6.45) is 0. The minimum Gasteiger partial charge on any atom is -0.310 e. The Hall–Kier alpha value is -8.20. The fourth-order valence-corrected chi connectivity index (χ4v) is 11.7. The van der Waals surface area contributed by atoms with Gasteiger partial charge in [0.05, 0.1) is 16.8 Å². The molecule has 0 saturated carbocycles. The highest BCUT2D eigenvalue weighted by atomic mass is 15.2. The molecular formula is C64H46N2. The third-order valence-electron chi connectivity index (χ3n) is 14.6. The van der Waals surface area contributed by atoms with Gasteiger partial charge < -0.3 is 9.80 Å². The van der Waals surface area contributed by atoms with Crippen molar-refractivity contribution in [3.05, 3.63) is 276 Å². The van der Waals surface area contributed by atoms with E-state index in [1.165, 1.54) is 89.3 Å². The van der Waals surface area contributed by atoms with E-state index in [9.17, 15) is 0 Å². The average Bonchev–Trinajstić information content (AvgIpc) is 3.79. The summed E-state index contributed by atoms with van der Waals surface area (Å²) in [6.45, 7) is 4.75. The number of para-hydroxylation sites is 3. The normalized spacial score (nSPS) is 14.1. The largest absolute Gasteiger partial charge is 0.310 e. The van der Waals surface area contributed by atoms with Crippen LogP contribution in [0.25, 0.3) is 44.5 Å². The van der Waals surface area contributed by atoms with Gasteiger partial charge in [-0.2, -0.15) is 0 Å². The molecule has 1 heterocycles. The van der Waals surface area contributed by atoms with Crippen LogP contribution in [0.1, 0.15) is 47.2 Å². The van der Waals surface area contributed by atoms with Gasteiger partial charge in [-0.3, -0.25) is 0 Å². The maximum atomic E-state index is 2.52. The Labute approximate surface area is 387 Å². The van der Waals surface area contributed by atoms with Crippen molar-refractivity contribution in [3.8, 4) is 44.5 Å². The predicted molar refractivity (Wildman–Crippen MR) is 275 cm³/mol. The van der Waals surface area contributed by atoms with Crippen molar-refractivity contribution in [2.24, 2.45) is 0 Å². The van der Waals surface area contributed by atoms with Crippen molar-refractivity contribution in [2.45, 2.75) is 24.7 Å². The van der Waals surface area contributed by atoms with E-state index in [0.29, 0.717) is 0 Å². The SMILES string of the molecule is CC1(C)c2ccccc2-c2ccc(N(c3cc(-c4ccccc4)cc(-c4ccccc4)c3)c3ccc4c(c3)C3(c5ccccc5-4)c4ccccc4N(c4ccccc4)c4ccccc43)cc21. The maximum Gasteiger partial charge on any atom is 0.0755 e. The van der Waals surface area contributed by atoms with Gasteiger partial charge in [-0.1, -0.05) is 190 Å². The van der Waals surface area contributed by atoms with Gasteiger partial charge in [0.25, 0.3) is 0 Å². The molecule has 0 aromatic heterocycles. The van der Waals surface area contributed by atoms with Crippen LogP contribution >= 0.6 is 0 Å². The van der Waals surface area contributed by atoms with E-state index in [1.807, 2.05) is 0 Å². The number of fused-ring (bicyclic) bond motifs is 12. The highest BCUT2D eigenvalue weighted by molar-refractivity contribution is 5.97. The summed E-state index contributed by atoms with van der Waals surface area (Å²) in [4.78, 5) is 4.98. The molecular weight excluding hydrogens is 797 g/mol. The molecule has 0 atom stereocenters. The lowest BCUT2D eigenvalue weighted by atomic mass is 9.64. The van der Waals surface area contributed by atoms with Crippen LogP contribution in [0.15, 0.2) is 243 Å². The van der Waals surface area contributed by atoms with Crippen LogP contribution in [0.2, 0.25) is 0 Å². The van der Waals surface area contributed by atoms with Gasteiger partial charge in [0.15, 0.2) is 0 Å². The van der Waals surface area contributed by atoms with E-state index < -0.39 is 5.41 Å². The van der Waals surface area contributed by atoms with E-state index in [2.05, 4.69) is 266 Å². The van der Waals surface area contributed by atoms with Gasteiger partial charge >= 0.3 is 0 Å². The Kier molecular flexibility index (Phi) is 8.51. The lowest BCUT2D eigenvalue weighted by molar-refractivity contribution is 0.660. The molecule has 312 valence electrons. The van der Waals surface area contributed by atoms with Crippen LogP contribution in [0.5, 0.6) is 0 Å². The number of hydrogen-bond donors (Lipinski definition) is 0. The molecule has 2 heteroatoms. The molecule has 3 aliphatic rings. The van der Waals surface area contributed by atoms with Crippen molar-refractivity contribution < 1.29 is 0 Å². The van der Waals surface area contributed by atoms with Gasteiger partial charge in [0.2, 0.25) is 0 Å². The van der Waals surface area contributed by atoms with Crippen molar-refractivity contribution in [3.63, 3.8) is 0 Å². The second kappa shape index (κ2) is 14.7. The van der Waals surface area contributed by atoms with Gasteiger partial charge in [-0.15, -0.1) is 0 Å². The molecule has 0 N–H and O–H groups in total. The standard InChI is InChI=1S/C64H46N2/c1-63(2)55-28-14-12-26-51(55)53-36-34-48(41-59(53)63)65(50-39-45(43-20-6-3-7-21-43)38-46(40-50)44-22-8-4-9-23-44)49-35-37-54-52-27-13-15-29-56(52)64(60(54)42-49)57-30-16-18-32-61(57)66(47-24-10-5-11-25-47)62-33-19-17-31-58(62)64/h3-42H,1-2H3. The first-order chi connectivity index (χ1) is 32.5. The first-order valence-corrected chi connectivity index (χ1v) is 23.1. The molecule has 2 nitrogen and oxygen atoms in total. The van der Waals surface area contributed by atoms with Crippen molar-refractivity contribution in [2.75, 3.05) is 9.80 Å². The number of nitrogens with zero attached hydrogens (tertiary/aromatic N) is 2. The Balaban J connectivity index is 1.10. The first-order valence-electron chi connectivity index (χ1n) is 23.1. The van der Waals surface area contributed by atoms with Crippen LogP contribution in [-0.2, 0) is 10.8 Å². The molecule has 13 rings (SSSR count). The fourth-order valence-electron chi connectivity index (χ4n) is 11.7. The van der Waals surface area contributed by atoms with Crippen LogP contribution in [0.3, 0.4) is 0 Å². The zero-order valence-corrected chi connectivity index (χ0v) is 37.0. The molecule has 10 aromatic carbocycles. The minimum atomic E-state index is -0.589. The first kappa shape index (κ1) is 38.3. The summed E-state index contributed by atoms with van der Waals surface area (Å²) < 4.78 is 0. The molecule has 0 fully saturated rings. The number of hydrogen-bond acceptors (Lipinski definition) is 2. The van der Waals surface area contributed by atoms with Gasteiger partial charge in [-0.05, 0) is 145 Å². The fraction of sp³-hybridized carbons (Fsp3) is 0.0625. The topological polar surface area (TPSA) is 6.48 Å². The quantitative estimate of drug-likeness (QED) is 0.165. The Morgan fingerprint density at radius 2 is 0.727 bits per heavy atom. The summed E-state index contributed by atoms with van der Waals surface area (Å²) in [7, 11) is 0. The Bertz CT molecular complexity index is 3410. The highest BCUT2D eigenvalue weighted by Gasteiger charge is 2.52. The van der Waals surface area contributed by atoms with Gasteiger partial charge in [-0.25, -0.2) is 0 Å². The van der Waals surface area contributed by atoms with E-state index in [1.54, 1.807) is 0 Å². The third-order valence-corrected chi connectivity index (χ3v) is 14.6. The van der Waals surface area contributed by atoms with Crippen molar-refractivity contribution >= 4 is 34.1 Å². The minimum absolute atomic E-state index is 0.168. The maximum absolute atomic E-state index is 2.52. The summed E-state index contributed by atoms with van der Waals surface area (Å²) in [5.41, 5.74) is 23.9. The Morgan fingerprint density at radius 3 is 1.30 bits per heavy atom. The van der Waals surface area contributed by atoms with Crippen LogP contribution in [0, 0.1) is 0 Å². The van der Waals surface area contributed by atoms with Crippen molar-refractivity contribution in [1.82, 2.24) is 0 Å². The van der Waals surface area contributed by atoms with E-state index in [0.717, 1.165) is 22.7 Å². The Morgan fingerprint density at radius 1 is 0.303 bits per heavy atom. The summed E-state index contributed by atoms with van der Waals surface area (Å²) in [5, 5.41) is 0. The molecule has 0 bridgehead atoms. The lowest BCUT2D eigenvalue weighted by Crippen LogP contribution is -2.36. The van der Waals surface area contributed by atoms with Crippen LogP contribution in [0.4, 0.5) is 34.1 Å². The second-order valence-electron chi connectivity index (χ2n) is 18.5. The number of anilines is 6. The summed E-state index contributed by atoms with van der Waals surface area (Å²) in [5.74, 6) is 0. The molecule has 0 amide bonds. The summed E-state index contributed by atoms with van der Waals surface area (Å²) in [6, 6.07) is 90.2. The second-order valence-corrected chi connectivity index (χ2v) is 18.5. The van der Waals surface area contributed by atoms with Crippen LogP contribution < -0.4 is 9.80 Å². The van der Waals surface area contributed by atoms with Gasteiger partial charge in [0, 0.05) is 28.2 Å². The third kappa shape index (κ3) is 5.55. The molecule has 1 spiro atoms. The molecule has 0 unspecified atom stereocenters. The molecule has 0 saturated heterocycles. The number of benzene rings is 10. The van der Waals surface area contributed by atoms with Gasteiger partial charge in [0.1, 0.15) is 0 Å². The zero-order chi connectivity index (χ0) is 44.0. The van der Waals surface area contributed by atoms with E-state index in [4.69, 9.17) is 0 Å². The van der Waals surface area contributed by atoms with E-state index in [-0.39, 0.29) is 5.41 Å². The summed E-state index contributed by atoms with van der Waals surface area (Å²) >= 11 is 0. The molecule has 66 heavy (non-hydrogen) atoms. The highest BCUT2D eigenvalue weighted by Crippen LogP contribution is 2.64. The van der Waals surface area contributed by atoms with Crippen LogP contribution in [-0.4, -0.2) is 0 Å². The molecule has 2 aliphatic carbocycles. The van der Waals surface area contributed by atoms with Crippen molar-refractivity contribution in [1.29, 1.82) is 0 Å². The predicted octanol–water partition coefficient (Wildman–Crippen LogP) is 16.9. The lowest BCUT2D eigenvalue weighted by Gasteiger charge is -2.45. The number of rotatable bonds is 6. The average molecular weight is 843 g/mol. The molecule has 0 radical (unpaired) electrons. The monoisotopic (exact) mass is 842 g/mol. The zero-order valence-electron chi connectivity index (χ0n) is 37.0. The molecule has 10 aromatic rings.